The average molecular weight is 327 g/mol. The van der Waals surface area contributed by atoms with E-state index in [1.54, 1.807) is 18.2 Å². The maximum atomic E-state index is 10.7. The molecule has 1 saturated carbocycles. The van der Waals surface area contributed by atoms with Crippen LogP contribution in [-0.4, -0.2) is 11.5 Å². The van der Waals surface area contributed by atoms with Gasteiger partial charge in [-0.05, 0) is 40.8 Å². The number of anilines is 1. The number of nitrogens with zero attached hydrogens (tertiary/aromatic N) is 1. The summed E-state index contributed by atoms with van der Waals surface area (Å²) in [6.07, 6.45) is 7.95. The molecule has 0 unspecified atom stereocenters. The van der Waals surface area contributed by atoms with Crippen molar-refractivity contribution in [1.29, 1.82) is 0 Å². The number of hydrogen-bond acceptors (Lipinski definition) is 3. The molecular weight excluding hydrogens is 308 g/mol. The number of nitro groups is 1. The van der Waals surface area contributed by atoms with Crippen LogP contribution in [0.25, 0.3) is 0 Å². The second-order valence-electron chi connectivity index (χ2n) is 5.16. The van der Waals surface area contributed by atoms with E-state index < -0.39 is 0 Å². The summed E-state index contributed by atoms with van der Waals surface area (Å²) in [7, 11) is 0. The van der Waals surface area contributed by atoms with E-state index in [9.17, 15) is 10.1 Å². The minimum Gasteiger partial charge on any atom is -0.384 e. The largest absolute Gasteiger partial charge is 0.384 e. The normalized spacial score (nSPS) is 16.9. The number of halogens is 1. The van der Waals surface area contributed by atoms with E-state index in [-0.39, 0.29) is 10.6 Å². The van der Waals surface area contributed by atoms with Crippen LogP contribution in [0.4, 0.5) is 11.4 Å². The third kappa shape index (κ3) is 4.20. The minimum atomic E-state index is -0.375. The highest BCUT2D eigenvalue weighted by atomic mass is 79.9. The number of non-ortho nitro benzene ring substituents is 1. The van der Waals surface area contributed by atoms with Crippen molar-refractivity contribution in [2.75, 3.05) is 11.9 Å². The van der Waals surface area contributed by atoms with E-state index >= 15 is 0 Å². The lowest BCUT2D eigenvalue weighted by molar-refractivity contribution is -0.384. The lowest BCUT2D eigenvalue weighted by atomic mass is 10.0. The van der Waals surface area contributed by atoms with Crippen LogP contribution >= 0.6 is 15.9 Å². The number of hydrogen-bond donors (Lipinski definition) is 1. The second kappa shape index (κ2) is 6.89. The summed E-state index contributed by atoms with van der Waals surface area (Å²) < 4.78 is 0.760. The van der Waals surface area contributed by atoms with Crippen molar-refractivity contribution >= 4 is 27.3 Å². The molecule has 0 amide bonds. The molecule has 1 aliphatic rings. The zero-order valence-electron chi connectivity index (χ0n) is 10.9. The molecule has 1 aliphatic carbocycles. The highest BCUT2D eigenvalue weighted by Gasteiger charge is 2.13. The number of nitrogens with one attached hydrogen (secondary N) is 1. The van der Waals surface area contributed by atoms with Crippen LogP contribution in [0, 0.1) is 16.0 Å². The van der Waals surface area contributed by atoms with Gasteiger partial charge in [-0.2, -0.15) is 0 Å². The van der Waals surface area contributed by atoms with Gasteiger partial charge in [0.15, 0.2) is 0 Å². The second-order valence-corrected chi connectivity index (χ2v) is 6.01. The Kier molecular flexibility index (Phi) is 5.19. The molecule has 1 N–H and O–H groups in total. The van der Waals surface area contributed by atoms with Crippen LogP contribution in [0.15, 0.2) is 22.7 Å². The fourth-order valence-electron chi connectivity index (χ4n) is 2.58. The van der Waals surface area contributed by atoms with Gasteiger partial charge in [-0.25, -0.2) is 0 Å². The molecule has 1 aromatic carbocycles. The highest BCUT2D eigenvalue weighted by molar-refractivity contribution is 9.10. The van der Waals surface area contributed by atoms with Gasteiger partial charge in [-0.3, -0.25) is 10.1 Å². The van der Waals surface area contributed by atoms with Gasteiger partial charge in [0.1, 0.15) is 0 Å². The summed E-state index contributed by atoms with van der Waals surface area (Å²) in [6.45, 7) is 0.955. The van der Waals surface area contributed by atoms with Gasteiger partial charge < -0.3 is 5.32 Å². The lowest BCUT2D eigenvalue weighted by Crippen LogP contribution is -2.13. The molecule has 4 nitrogen and oxygen atoms in total. The van der Waals surface area contributed by atoms with Crippen molar-refractivity contribution in [1.82, 2.24) is 0 Å². The Morgan fingerprint density at radius 2 is 1.95 bits per heavy atom. The first-order valence-corrected chi connectivity index (χ1v) is 7.64. The summed E-state index contributed by atoms with van der Waals surface area (Å²) in [5, 5.41) is 14.1. The Hall–Kier alpha value is -1.10. The predicted octanol–water partition coefficient (Wildman–Crippen LogP) is 4.74. The Morgan fingerprint density at radius 3 is 2.53 bits per heavy atom. The number of nitro benzene ring substituents is 1. The van der Waals surface area contributed by atoms with E-state index in [0.29, 0.717) is 0 Å². The zero-order chi connectivity index (χ0) is 13.7. The van der Waals surface area contributed by atoms with Gasteiger partial charge in [0, 0.05) is 28.8 Å². The van der Waals surface area contributed by atoms with Crippen molar-refractivity contribution in [3.05, 3.63) is 32.8 Å². The quantitative estimate of drug-likeness (QED) is 0.494. The van der Waals surface area contributed by atoms with Crippen molar-refractivity contribution in [3.63, 3.8) is 0 Å². The zero-order valence-corrected chi connectivity index (χ0v) is 12.5. The van der Waals surface area contributed by atoms with Crippen LogP contribution in [0.3, 0.4) is 0 Å². The number of rotatable bonds is 4. The monoisotopic (exact) mass is 326 g/mol. The molecule has 5 heteroatoms. The van der Waals surface area contributed by atoms with Gasteiger partial charge in [0.25, 0.3) is 5.69 Å². The summed E-state index contributed by atoms with van der Waals surface area (Å²) in [4.78, 5) is 10.3. The van der Waals surface area contributed by atoms with Gasteiger partial charge in [-0.1, -0.05) is 25.7 Å². The van der Waals surface area contributed by atoms with Crippen LogP contribution in [-0.2, 0) is 0 Å². The molecule has 0 heterocycles. The van der Waals surface area contributed by atoms with Crippen LogP contribution in [0.2, 0.25) is 0 Å². The molecule has 104 valence electrons. The molecule has 0 aromatic heterocycles. The van der Waals surface area contributed by atoms with Gasteiger partial charge >= 0.3 is 0 Å². The fraction of sp³-hybridized carbons (Fsp3) is 0.571. The molecule has 0 saturated heterocycles. The summed E-state index contributed by atoms with van der Waals surface area (Å²) in [5.41, 5.74) is 1.06. The van der Waals surface area contributed by atoms with Gasteiger partial charge in [0.2, 0.25) is 0 Å². The molecule has 0 bridgehead atoms. The Morgan fingerprint density at radius 1 is 1.26 bits per heavy atom. The van der Waals surface area contributed by atoms with Crippen LogP contribution < -0.4 is 5.32 Å². The lowest BCUT2D eigenvalue weighted by Gasteiger charge is -2.16. The molecule has 0 spiro atoms. The SMILES string of the molecule is O=[N+]([O-])c1ccc(NCC2CCCCCC2)c(Br)c1. The van der Waals surface area contributed by atoms with Crippen molar-refractivity contribution in [2.24, 2.45) is 5.92 Å². The van der Waals surface area contributed by atoms with Crippen molar-refractivity contribution in [3.8, 4) is 0 Å². The first-order chi connectivity index (χ1) is 9.16. The molecule has 0 aliphatic heterocycles. The Balaban J connectivity index is 1.93. The minimum absolute atomic E-state index is 0.117. The Labute approximate surface area is 121 Å². The first-order valence-electron chi connectivity index (χ1n) is 6.84. The standard InChI is InChI=1S/C14H19BrN2O2/c15-13-9-12(17(18)19)7-8-14(13)16-10-11-5-3-1-2-4-6-11/h7-9,11,16H,1-6,10H2. The van der Waals surface area contributed by atoms with Crippen LogP contribution in [0.5, 0.6) is 0 Å². The summed E-state index contributed by atoms with van der Waals surface area (Å²) in [5.74, 6) is 0.726. The van der Waals surface area contributed by atoms with Gasteiger partial charge in [0.05, 0.1) is 4.92 Å². The van der Waals surface area contributed by atoms with Crippen LogP contribution in [0.1, 0.15) is 38.5 Å². The smallest absolute Gasteiger partial charge is 0.270 e. The molecule has 19 heavy (non-hydrogen) atoms. The van der Waals surface area contributed by atoms with E-state index in [4.69, 9.17) is 0 Å². The van der Waals surface area contributed by atoms with Crippen molar-refractivity contribution < 1.29 is 4.92 Å². The molecular formula is C14H19BrN2O2. The summed E-state index contributed by atoms with van der Waals surface area (Å²) >= 11 is 3.39. The third-order valence-electron chi connectivity index (χ3n) is 3.72. The fourth-order valence-corrected chi connectivity index (χ4v) is 3.09. The first kappa shape index (κ1) is 14.3. The predicted molar refractivity (Wildman–Crippen MR) is 80.5 cm³/mol. The molecule has 1 fully saturated rings. The third-order valence-corrected chi connectivity index (χ3v) is 4.38. The molecule has 0 radical (unpaired) electrons. The van der Waals surface area contributed by atoms with Gasteiger partial charge in [-0.15, -0.1) is 0 Å². The topological polar surface area (TPSA) is 55.2 Å². The van der Waals surface area contributed by atoms with E-state index in [2.05, 4.69) is 21.2 Å². The van der Waals surface area contributed by atoms with E-state index in [1.807, 2.05) is 0 Å². The summed E-state index contributed by atoms with van der Waals surface area (Å²) in [6, 6.07) is 4.87. The molecule has 2 rings (SSSR count). The highest BCUT2D eigenvalue weighted by Crippen LogP contribution is 2.28. The molecule has 0 atom stereocenters. The Bertz CT molecular complexity index is 443. The van der Waals surface area contributed by atoms with Crippen molar-refractivity contribution in [2.45, 2.75) is 38.5 Å². The number of benzene rings is 1. The maximum absolute atomic E-state index is 10.7. The average Bonchev–Trinajstić information content (AvgIpc) is 2.65. The van der Waals surface area contributed by atoms with E-state index in [1.165, 1.54) is 38.5 Å². The maximum Gasteiger partial charge on any atom is 0.270 e. The van der Waals surface area contributed by atoms with E-state index in [0.717, 1.165) is 22.6 Å². The molecule has 1 aromatic rings.